The fourth-order valence-corrected chi connectivity index (χ4v) is 4.25. The maximum atomic E-state index is 12.2. The van der Waals surface area contributed by atoms with E-state index in [2.05, 4.69) is 29.2 Å². The van der Waals surface area contributed by atoms with Gasteiger partial charge >= 0.3 is 0 Å². The van der Waals surface area contributed by atoms with Crippen molar-refractivity contribution < 1.29 is 28.5 Å². The number of nitrogens with zero attached hydrogens (tertiary/aromatic N) is 4. The van der Waals surface area contributed by atoms with Crippen molar-refractivity contribution in [1.29, 1.82) is 0 Å². The molecule has 1 unspecified atom stereocenters. The van der Waals surface area contributed by atoms with Gasteiger partial charge in [-0.3, -0.25) is 14.3 Å². The molecule has 1 N–H and O–H groups in total. The van der Waals surface area contributed by atoms with Gasteiger partial charge in [-0.25, -0.2) is 4.98 Å². The number of carbonyl (C=O) groups is 2. The Kier molecular flexibility index (Phi) is 11.3. The van der Waals surface area contributed by atoms with Gasteiger partial charge in [0.2, 0.25) is 18.2 Å². The van der Waals surface area contributed by atoms with Crippen LogP contribution in [0.15, 0.2) is 30.7 Å². The molecule has 0 aromatic carbocycles. The van der Waals surface area contributed by atoms with Crippen LogP contribution in [0, 0.1) is 5.41 Å². The number of amides is 2. The molecular formula is C27H41N5O6. The summed E-state index contributed by atoms with van der Waals surface area (Å²) in [5.41, 5.74) is 1.01. The summed E-state index contributed by atoms with van der Waals surface area (Å²) >= 11 is 0. The van der Waals surface area contributed by atoms with Crippen LogP contribution in [0.3, 0.4) is 0 Å². The molecule has 1 saturated heterocycles. The van der Waals surface area contributed by atoms with Gasteiger partial charge in [0.25, 0.3) is 0 Å². The number of pyridine rings is 1. The lowest BCUT2D eigenvalue weighted by atomic mass is 9.76. The lowest BCUT2D eigenvalue weighted by Gasteiger charge is -2.34. The molecule has 2 aromatic heterocycles. The SMILES string of the molecule is CN(CCOC1CCC(C)(C)CC1)C(=O)Cn1cc(NC=O)cn1.COc1cc(OC2CCOC2)ccn1. The number of methoxy groups -OCH3 is 1. The minimum atomic E-state index is -0.0378. The fraction of sp³-hybridized carbons (Fsp3) is 0.630. The predicted molar refractivity (Wildman–Crippen MR) is 142 cm³/mol. The van der Waals surface area contributed by atoms with Crippen LogP contribution in [-0.4, -0.2) is 84.7 Å². The quantitative estimate of drug-likeness (QED) is 0.440. The molecule has 0 radical (unpaired) electrons. The number of anilines is 1. The largest absolute Gasteiger partial charge is 0.488 e. The number of hydrogen-bond acceptors (Lipinski definition) is 8. The standard InChI is InChI=1S/C17H28N4O3.C10H13NO3/c1-17(2)6-4-15(5-7-17)24-9-8-20(3)16(23)12-21-11-14(10-19-21)18-13-22;1-12-10-6-8(2-4-11-10)14-9-3-5-13-7-9/h10-11,13,15H,4-9,12H2,1-3H3,(H,18,22);2,4,6,9H,3,5,7H2,1H3. The van der Waals surface area contributed by atoms with Crippen molar-refractivity contribution in [2.24, 2.45) is 5.41 Å². The molecule has 3 heterocycles. The third kappa shape index (κ3) is 9.94. The molecule has 4 rings (SSSR count). The minimum absolute atomic E-state index is 0.0378. The summed E-state index contributed by atoms with van der Waals surface area (Å²) < 4.78 is 23.3. The van der Waals surface area contributed by atoms with Crippen molar-refractivity contribution >= 4 is 18.0 Å². The summed E-state index contributed by atoms with van der Waals surface area (Å²) in [6.07, 6.45) is 11.4. The average Bonchev–Trinajstić information content (AvgIpc) is 3.58. The van der Waals surface area contributed by atoms with Crippen molar-refractivity contribution in [3.05, 3.63) is 30.7 Å². The summed E-state index contributed by atoms with van der Waals surface area (Å²) in [5, 5.41) is 6.54. The van der Waals surface area contributed by atoms with Gasteiger partial charge in [-0.1, -0.05) is 13.8 Å². The minimum Gasteiger partial charge on any atom is -0.488 e. The predicted octanol–water partition coefficient (Wildman–Crippen LogP) is 3.15. The van der Waals surface area contributed by atoms with E-state index < -0.39 is 0 Å². The van der Waals surface area contributed by atoms with Crippen LogP contribution in [0.25, 0.3) is 0 Å². The highest BCUT2D eigenvalue weighted by molar-refractivity contribution is 5.76. The van der Waals surface area contributed by atoms with Crippen molar-refractivity contribution in [2.75, 3.05) is 45.8 Å². The van der Waals surface area contributed by atoms with Gasteiger partial charge in [0.15, 0.2) is 0 Å². The van der Waals surface area contributed by atoms with Crippen LogP contribution in [0.1, 0.15) is 46.0 Å². The van der Waals surface area contributed by atoms with Crippen molar-refractivity contribution in [1.82, 2.24) is 19.7 Å². The van der Waals surface area contributed by atoms with E-state index in [9.17, 15) is 9.59 Å². The first-order valence-electron chi connectivity index (χ1n) is 13.1. The van der Waals surface area contributed by atoms with E-state index in [1.54, 1.807) is 37.5 Å². The smallest absolute Gasteiger partial charge is 0.244 e. The Morgan fingerprint density at radius 3 is 2.76 bits per heavy atom. The van der Waals surface area contributed by atoms with E-state index in [1.807, 2.05) is 6.07 Å². The van der Waals surface area contributed by atoms with Crippen LogP contribution < -0.4 is 14.8 Å². The first kappa shape index (κ1) is 29.4. The molecule has 2 fully saturated rings. The highest BCUT2D eigenvalue weighted by Crippen LogP contribution is 2.36. The zero-order valence-corrected chi connectivity index (χ0v) is 22.9. The average molecular weight is 532 g/mol. The molecule has 0 spiro atoms. The third-order valence-electron chi connectivity index (χ3n) is 6.75. The van der Waals surface area contributed by atoms with Crippen LogP contribution in [0.4, 0.5) is 5.69 Å². The van der Waals surface area contributed by atoms with Gasteiger partial charge < -0.3 is 29.2 Å². The van der Waals surface area contributed by atoms with Crippen molar-refractivity contribution in [3.8, 4) is 11.6 Å². The number of nitrogens with one attached hydrogen (secondary N) is 1. The van der Waals surface area contributed by atoms with Crippen molar-refractivity contribution in [3.63, 3.8) is 0 Å². The van der Waals surface area contributed by atoms with E-state index in [0.717, 1.165) is 31.6 Å². The maximum absolute atomic E-state index is 12.2. The zero-order chi connectivity index (χ0) is 27.4. The lowest BCUT2D eigenvalue weighted by molar-refractivity contribution is -0.131. The Balaban J connectivity index is 0.000000241. The molecule has 1 aliphatic heterocycles. The molecule has 0 bridgehead atoms. The van der Waals surface area contributed by atoms with Crippen LogP contribution in [0.5, 0.6) is 11.6 Å². The molecule has 1 saturated carbocycles. The third-order valence-corrected chi connectivity index (χ3v) is 6.75. The second-order valence-electron chi connectivity index (χ2n) is 10.4. The summed E-state index contributed by atoms with van der Waals surface area (Å²) in [4.78, 5) is 28.2. The van der Waals surface area contributed by atoms with Gasteiger partial charge in [0.1, 0.15) is 18.4 Å². The van der Waals surface area contributed by atoms with Gasteiger partial charge in [0.05, 0.1) is 44.9 Å². The molecule has 210 valence electrons. The molecule has 11 nitrogen and oxygen atoms in total. The summed E-state index contributed by atoms with van der Waals surface area (Å²) in [7, 11) is 3.36. The van der Waals surface area contributed by atoms with Crippen LogP contribution in [0.2, 0.25) is 0 Å². The molecule has 1 aliphatic carbocycles. The number of likely N-dealkylation sites (N-methyl/N-ethyl adjacent to an activating group) is 1. The molecule has 2 aromatic rings. The summed E-state index contributed by atoms with van der Waals surface area (Å²) in [6, 6.07) is 3.60. The molecule has 1 atom stereocenters. The van der Waals surface area contributed by atoms with E-state index in [-0.39, 0.29) is 18.6 Å². The number of rotatable bonds is 11. The van der Waals surface area contributed by atoms with Crippen LogP contribution >= 0.6 is 0 Å². The van der Waals surface area contributed by atoms with E-state index in [1.165, 1.54) is 23.7 Å². The second kappa shape index (κ2) is 14.7. The van der Waals surface area contributed by atoms with Crippen LogP contribution in [-0.2, 0) is 25.6 Å². The Morgan fingerprint density at radius 1 is 1.29 bits per heavy atom. The monoisotopic (exact) mass is 531 g/mol. The normalized spacial score (nSPS) is 18.7. The maximum Gasteiger partial charge on any atom is 0.244 e. The molecule has 11 heteroatoms. The second-order valence-corrected chi connectivity index (χ2v) is 10.4. The van der Waals surface area contributed by atoms with E-state index >= 15 is 0 Å². The zero-order valence-electron chi connectivity index (χ0n) is 22.9. The summed E-state index contributed by atoms with van der Waals surface area (Å²) in [6.45, 7) is 7.35. The number of aromatic nitrogens is 3. The van der Waals surface area contributed by atoms with Crippen molar-refractivity contribution in [2.45, 2.75) is 64.7 Å². The highest BCUT2D eigenvalue weighted by Gasteiger charge is 2.27. The fourth-order valence-electron chi connectivity index (χ4n) is 4.25. The Labute approximate surface area is 224 Å². The van der Waals surface area contributed by atoms with E-state index in [0.29, 0.717) is 49.3 Å². The van der Waals surface area contributed by atoms with Gasteiger partial charge in [0, 0.05) is 38.5 Å². The molecule has 38 heavy (non-hydrogen) atoms. The lowest BCUT2D eigenvalue weighted by Crippen LogP contribution is -2.34. The molecule has 2 aliphatic rings. The molecule has 2 amide bonds. The number of carbonyl (C=O) groups excluding carboxylic acids is 2. The topological polar surface area (TPSA) is 117 Å². The first-order valence-corrected chi connectivity index (χ1v) is 13.1. The number of hydrogen-bond donors (Lipinski definition) is 1. The van der Waals surface area contributed by atoms with Gasteiger partial charge in [-0.2, -0.15) is 5.10 Å². The first-order chi connectivity index (χ1) is 18.3. The number of ether oxygens (including phenoxy) is 4. The summed E-state index contributed by atoms with van der Waals surface area (Å²) in [5.74, 6) is 1.32. The van der Waals surface area contributed by atoms with Gasteiger partial charge in [-0.15, -0.1) is 0 Å². The highest BCUT2D eigenvalue weighted by atomic mass is 16.5. The Hall–Kier alpha value is -3.18. The molecular weight excluding hydrogens is 490 g/mol. The van der Waals surface area contributed by atoms with E-state index in [4.69, 9.17) is 18.9 Å². The Morgan fingerprint density at radius 2 is 2.08 bits per heavy atom. The Bertz CT molecular complexity index is 997. The van der Waals surface area contributed by atoms with Gasteiger partial charge in [-0.05, 0) is 37.2 Å².